The molecule has 0 aliphatic rings. The summed E-state index contributed by atoms with van der Waals surface area (Å²) in [5, 5.41) is 0.916. The first-order valence-electron chi connectivity index (χ1n) is 7.93. The Morgan fingerprint density at radius 3 is 2.12 bits per heavy atom. The second-order valence-electron chi connectivity index (χ2n) is 5.65. The molecule has 130 valence electrons. The highest BCUT2D eigenvalue weighted by Gasteiger charge is 2.09. The van der Waals surface area contributed by atoms with E-state index in [1.54, 1.807) is 21.3 Å². The molecule has 5 heteroatoms. The van der Waals surface area contributed by atoms with E-state index in [1.165, 1.54) is 0 Å². The average molecular weight is 339 g/mol. The molecule has 1 heterocycles. The van der Waals surface area contributed by atoms with Crippen LogP contribution < -0.4 is 18.9 Å². The molecular weight excluding hydrogens is 318 g/mol. The maximum atomic E-state index is 6.08. The zero-order valence-electron chi connectivity index (χ0n) is 14.8. The summed E-state index contributed by atoms with van der Waals surface area (Å²) in [6.07, 6.45) is 0. The van der Waals surface area contributed by atoms with Gasteiger partial charge in [-0.25, -0.2) is 0 Å². The van der Waals surface area contributed by atoms with Crippen LogP contribution >= 0.6 is 0 Å². The minimum atomic E-state index is 0.392. The third-order valence-corrected chi connectivity index (χ3v) is 3.91. The number of hydrogen-bond donors (Lipinski definition) is 0. The quantitative estimate of drug-likeness (QED) is 0.675. The molecule has 0 aliphatic heterocycles. The number of hydrogen-bond acceptors (Lipinski definition) is 5. The van der Waals surface area contributed by atoms with Crippen LogP contribution in [0, 0.1) is 6.92 Å². The molecule has 1 aromatic heterocycles. The van der Waals surface area contributed by atoms with Crippen LogP contribution in [0.3, 0.4) is 0 Å². The van der Waals surface area contributed by atoms with Gasteiger partial charge in [-0.1, -0.05) is 0 Å². The van der Waals surface area contributed by atoms with E-state index in [4.69, 9.17) is 18.9 Å². The highest BCUT2D eigenvalue weighted by atomic mass is 16.5. The van der Waals surface area contributed by atoms with Crippen LogP contribution in [0.4, 0.5) is 0 Å². The van der Waals surface area contributed by atoms with Gasteiger partial charge in [0.15, 0.2) is 0 Å². The molecule has 25 heavy (non-hydrogen) atoms. The lowest BCUT2D eigenvalue weighted by molar-refractivity contribution is 0.307. The van der Waals surface area contributed by atoms with Crippen molar-refractivity contribution in [2.75, 3.05) is 21.3 Å². The summed E-state index contributed by atoms with van der Waals surface area (Å²) in [6, 6.07) is 13.4. The SMILES string of the molecule is COc1cc(COc2cc(C)nc3ccc(OC)cc23)cc(OC)c1. The van der Waals surface area contributed by atoms with E-state index in [1.807, 2.05) is 49.4 Å². The maximum Gasteiger partial charge on any atom is 0.131 e. The van der Waals surface area contributed by atoms with Crippen LogP contribution in [-0.2, 0) is 6.61 Å². The molecule has 0 saturated carbocycles. The lowest BCUT2D eigenvalue weighted by Gasteiger charge is -2.13. The van der Waals surface area contributed by atoms with Crippen LogP contribution in [-0.4, -0.2) is 26.3 Å². The van der Waals surface area contributed by atoms with Gasteiger partial charge in [0.2, 0.25) is 0 Å². The lowest BCUT2D eigenvalue weighted by Crippen LogP contribution is -1.99. The van der Waals surface area contributed by atoms with Crippen molar-refractivity contribution >= 4 is 10.9 Å². The first kappa shape index (κ1) is 16.9. The fourth-order valence-corrected chi connectivity index (χ4v) is 2.66. The molecule has 5 nitrogen and oxygen atoms in total. The molecule has 0 fully saturated rings. The van der Waals surface area contributed by atoms with Crippen LogP contribution in [0.15, 0.2) is 42.5 Å². The van der Waals surface area contributed by atoms with Crippen molar-refractivity contribution in [2.45, 2.75) is 13.5 Å². The molecule has 0 amide bonds. The van der Waals surface area contributed by atoms with Crippen LogP contribution in [0.1, 0.15) is 11.3 Å². The van der Waals surface area contributed by atoms with Gasteiger partial charge < -0.3 is 18.9 Å². The molecule has 0 radical (unpaired) electrons. The van der Waals surface area contributed by atoms with Gasteiger partial charge in [0.1, 0.15) is 29.6 Å². The smallest absolute Gasteiger partial charge is 0.131 e. The third kappa shape index (κ3) is 3.76. The molecule has 0 bridgehead atoms. The maximum absolute atomic E-state index is 6.08. The Morgan fingerprint density at radius 1 is 0.800 bits per heavy atom. The number of aryl methyl sites for hydroxylation is 1. The summed E-state index contributed by atoms with van der Waals surface area (Å²) in [6.45, 7) is 2.34. The minimum absolute atomic E-state index is 0.392. The molecule has 3 aromatic rings. The predicted octanol–water partition coefficient (Wildman–Crippen LogP) is 4.15. The first-order chi connectivity index (χ1) is 12.1. The number of benzene rings is 2. The Labute approximate surface area is 147 Å². The highest BCUT2D eigenvalue weighted by Crippen LogP contribution is 2.30. The number of aromatic nitrogens is 1. The normalized spacial score (nSPS) is 10.6. The van der Waals surface area contributed by atoms with E-state index in [2.05, 4.69) is 4.98 Å². The molecular formula is C20H21NO4. The summed E-state index contributed by atoms with van der Waals surface area (Å²) in [4.78, 5) is 4.55. The minimum Gasteiger partial charge on any atom is -0.497 e. The monoisotopic (exact) mass is 339 g/mol. The standard InChI is InChI=1S/C20H21NO4/c1-13-7-20(18-11-15(22-2)5-6-19(18)21-13)25-12-14-8-16(23-3)10-17(9-14)24-4/h5-11H,12H2,1-4H3. The van der Waals surface area contributed by atoms with Crippen molar-refractivity contribution in [3.8, 4) is 23.0 Å². The Bertz CT molecular complexity index is 870. The zero-order valence-corrected chi connectivity index (χ0v) is 14.8. The van der Waals surface area contributed by atoms with E-state index in [-0.39, 0.29) is 0 Å². The molecule has 0 unspecified atom stereocenters. The Morgan fingerprint density at radius 2 is 1.48 bits per heavy atom. The summed E-state index contributed by atoms with van der Waals surface area (Å²) in [7, 11) is 4.91. The van der Waals surface area contributed by atoms with E-state index in [9.17, 15) is 0 Å². The molecule has 0 aliphatic carbocycles. The van der Waals surface area contributed by atoms with E-state index in [0.717, 1.165) is 45.2 Å². The summed E-state index contributed by atoms with van der Waals surface area (Å²) >= 11 is 0. The van der Waals surface area contributed by atoms with Crippen molar-refractivity contribution in [3.05, 3.63) is 53.7 Å². The van der Waals surface area contributed by atoms with Crippen molar-refractivity contribution in [1.29, 1.82) is 0 Å². The van der Waals surface area contributed by atoms with Gasteiger partial charge in [-0.05, 0) is 42.8 Å². The van der Waals surface area contributed by atoms with Gasteiger partial charge in [0.25, 0.3) is 0 Å². The molecule has 0 spiro atoms. The van der Waals surface area contributed by atoms with Crippen molar-refractivity contribution in [2.24, 2.45) is 0 Å². The van der Waals surface area contributed by atoms with E-state index < -0.39 is 0 Å². The molecule has 0 N–H and O–H groups in total. The van der Waals surface area contributed by atoms with E-state index >= 15 is 0 Å². The summed E-state index contributed by atoms with van der Waals surface area (Å²) in [5.41, 5.74) is 2.73. The largest absolute Gasteiger partial charge is 0.497 e. The number of rotatable bonds is 6. The second-order valence-corrected chi connectivity index (χ2v) is 5.65. The molecule has 3 rings (SSSR count). The van der Waals surface area contributed by atoms with Gasteiger partial charge in [-0.2, -0.15) is 0 Å². The summed E-state index contributed by atoms with van der Waals surface area (Å²) in [5.74, 6) is 3.00. The topological polar surface area (TPSA) is 49.8 Å². The lowest BCUT2D eigenvalue weighted by atomic mass is 10.1. The predicted molar refractivity (Wildman–Crippen MR) is 96.9 cm³/mol. The Hall–Kier alpha value is -2.95. The number of pyridine rings is 1. The highest BCUT2D eigenvalue weighted by molar-refractivity contribution is 5.86. The van der Waals surface area contributed by atoms with Crippen LogP contribution in [0.25, 0.3) is 10.9 Å². The van der Waals surface area contributed by atoms with Crippen molar-refractivity contribution in [1.82, 2.24) is 4.98 Å². The second kappa shape index (κ2) is 7.30. The van der Waals surface area contributed by atoms with Gasteiger partial charge in [-0.15, -0.1) is 0 Å². The summed E-state index contributed by atoms with van der Waals surface area (Å²) < 4.78 is 22.0. The molecule has 0 saturated heterocycles. The van der Waals surface area contributed by atoms with Crippen LogP contribution in [0.5, 0.6) is 23.0 Å². The Kier molecular flexibility index (Phi) is 4.93. The molecule has 2 aromatic carbocycles. The number of ether oxygens (including phenoxy) is 4. The number of nitrogens with zero attached hydrogens (tertiary/aromatic N) is 1. The van der Waals surface area contributed by atoms with Gasteiger partial charge in [0, 0.05) is 23.2 Å². The Balaban J connectivity index is 1.92. The first-order valence-corrected chi connectivity index (χ1v) is 7.93. The fourth-order valence-electron chi connectivity index (χ4n) is 2.66. The third-order valence-electron chi connectivity index (χ3n) is 3.91. The van der Waals surface area contributed by atoms with Crippen LogP contribution in [0.2, 0.25) is 0 Å². The fraction of sp³-hybridized carbons (Fsp3) is 0.250. The van der Waals surface area contributed by atoms with Crippen molar-refractivity contribution in [3.63, 3.8) is 0 Å². The zero-order chi connectivity index (χ0) is 17.8. The van der Waals surface area contributed by atoms with Gasteiger partial charge in [0.05, 0.1) is 26.8 Å². The van der Waals surface area contributed by atoms with Gasteiger partial charge in [-0.3, -0.25) is 4.98 Å². The number of fused-ring (bicyclic) bond motifs is 1. The average Bonchev–Trinajstić information content (AvgIpc) is 2.65. The molecule has 0 atom stereocenters. The number of methoxy groups -OCH3 is 3. The van der Waals surface area contributed by atoms with Crippen molar-refractivity contribution < 1.29 is 18.9 Å². The van der Waals surface area contributed by atoms with Gasteiger partial charge >= 0.3 is 0 Å². The van der Waals surface area contributed by atoms with E-state index in [0.29, 0.717) is 6.61 Å².